The molecule has 0 atom stereocenters. The fraction of sp³-hybridized carbons (Fsp3) is 0.714. The summed E-state index contributed by atoms with van der Waals surface area (Å²) in [5.74, 6) is -0.410. The van der Waals surface area contributed by atoms with E-state index in [0.717, 1.165) is 0 Å². The molecule has 0 saturated heterocycles. The van der Waals surface area contributed by atoms with Crippen LogP contribution in [0.3, 0.4) is 0 Å². The largest absolute Gasteiger partial charge is 0.322 e. The molecule has 4 nitrogen and oxygen atoms in total. The summed E-state index contributed by atoms with van der Waals surface area (Å²) in [7, 11) is 0. The minimum absolute atomic E-state index is 0.135. The Kier molecular flexibility index (Phi) is 4.45. The summed E-state index contributed by atoms with van der Waals surface area (Å²) in [5, 5.41) is 2.16. The molecular weight excluding hydrogens is 144 g/mol. The van der Waals surface area contributed by atoms with Crippen LogP contribution in [0.25, 0.3) is 0 Å². The Bertz CT molecular complexity index is 155. The Hall–Kier alpha value is -0.900. The van der Waals surface area contributed by atoms with Crippen LogP contribution in [0.4, 0.5) is 0 Å². The Morgan fingerprint density at radius 3 is 2.27 bits per heavy atom. The second-order valence-corrected chi connectivity index (χ2v) is 2.77. The summed E-state index contributed by atoms with van der Waals surface area (Å²) in [6.45, 7) is 3.68. The minimum Gasteiger partial charge on any atom is -0.322 e. The normalized spacial score (nSPS) is 9.82. The van der Waals surface area contributed by atoms with Crippen LogP contribution in [0, 0.1) is 5.92 Å². The molecule has 0 saturated carbocycles. The lowest BCUT2D eigenvalue weighted by molar-refractivity contribution is -0.130. The van der Waals surface area contributed by atoms with Crippen molar-refractivity contribution in [3.63, 3.8) is 0 Å². The van der Waals surface area contributed by atoms with Crippen molar-refractivity contribution in [2.45, 2.75) is 20.3 Å². The predicted octanol–water partition coefficient (Wildman–Crippen LogP) is -0.366. The number of hydrogen-bond acceptors (Lipinski definition) is 3. The summed E-state index contributed by atoms with van der Waals surface area (Å²) >= 11 is 0. The minimum atomic E-state index is -0.421. The Labute approximate surface area is 66.1 Å². The molecule has 0 bridgehead atoms. The van der Waals surface area contributed by atoms with Gasteiger partial charge in [0.25, 0.3) is 0 Å². The van der Waals surface area contributed by atoms with Gasteiger partial charge in [-0.15, -0.1) is 0 Å². The van der Waals surface area contributed by atoms with E-state index in [1.165, 1.54) is 0 Å². The third-order valence-electron chi connectivity index (χ3n) is 1.06. The summed E-state index contributed by atoms with van der Waals surface area (Å²) in [5.41, 5.74) is 4.99. The number of hydrogen-bond donors (Lipinski definition) is 2. The molecule has 0 aromatic rings. The highest BCUT2D eigenvalue weighted by molar-refractivity contribution is 5.95. The molecule has 0 spiro atoms. The molecule has 0 aliphatic carbocycles. The van der Waals surface area contributed by atoms with Gasteiger partial charge >= 0.3 is 0 Å². The maximum Gasteiger partial charge on any atom is 0.240 e. The monoisotopic (exact) mass is 158 g/mol. The predicted molar refractivity (Wildman–Crippen MR) is 41.7 cm³/mol. The standard InChI is InChI=1S/C7H14N2O2/c1-5(2)3-6(10)9-7(11)4-8/h5H,3-4,8H2,1-2H3,(H,9,10,11). The molecule has 0 aliphatic heterocycles. The van der Waals surface area contributed by atoms with Crippen molar-refractivity contribution in [2.24, 2.45) is 11.7 Å². The number of nitrogens with one attached hydrogen (secondary N) is 1. The maximum absolute atomic E-state index is 10.8. The molecule has 0 aliphatic rings. The molecule has 11 heavy (non-hydrogen) atoms. The van der Waals surface area contributed by atoms with Crippen LogP contribution < -0.4 is 11.1 Å². The van der Waals surface area contributed by atoms with Gasteiger partial charge in [-0.25, -0.2) is 0 Å². The molecule has 0 unspecified atom stereocenters. The van der Waals surface area contributed by atoms with Crippen LogP contribution >= 0.6 is 0 Å². The zero-order valence-corrected chi connectivity index (χ0v) is 6.89. The van der Waals surface area contributed by atoms with Gasteiger partial charge in [-0.1, -0.05) is 13.8 Å². The number of rotatable bonds is 3. The Morgan fingerprint density at radius 1 is 1.36 bits per heavy atom. The Morgan fingerprint density at radius 2 is 1.91 bits per heavy atom. The van der Waals surface area contributed by atoms with Crippen LogP contribution in [-0.2, 0) is 9.59 Å². The zero-order chi connectivity index (χ0) is 8.85. The fourth-order valence-electron chi connectivity index (χ4n) is 0.628. The summed E-state index contributed by atoms with van der Waals surface area (Å²) in [6, 6.07) is 0. The molecule has 64 valence electrons. The van der Waals surface area contributed by atoms with Crippen molar-refractivity contribution in [3.8, 4) is 0 Å². The van der Waals surface area contributed by atoms with E-state index in [4.69, 9.17) is 5.73 Å². The van der Waals surface area contributed by atoms with E-state index in [1.807, 2.05) is 13.8 Å². The number of imide groups is 1. The number of carbonyl (C=O) groups is 2. The van der Waals surface area contributed by atoms with E-state index in [9.17, 15) is 9.59 Å². The summed E-state index contributed by atoms with van der Waals surface area (Å²) in [6.07, 6.45) is 0.367. The highest BCUT2D eigenvalue weighted by Crippen LogP contribution is 1.97. The van der Waals surface area contributed by atoms with Crippen molar-refractivity contribution < 1.29 is 9.59 Å². The van der Waals surface area contributed by atoms with Gasteiger partial charge in [0.05, 0.1) is 6.54 Å². The van der Waals surface area contributed by atoms with Crippen molar-refractivity contribution in [1.82, 2.24) is 5.32 Å². The smallest absolute Gasteiger partial charge is 0.240 e. The molecule has 0 radical (unpaired) electrons. The van der Waals surface area contributed by atoms with Gasteiger partial charge in [-0.05, 0) is 5.92 Å². The van der Waals surface area contributed by atoms with Gasteiger partial charge in [0.1, 0.15) is 0 Å². The van der Waals surface area contributed by atoms with Crippen LogP contribution in [0.15, 0.2) is 0 Å². The van der Waals surface area contributed by atoms with E-state index in [2.05, 4.69) is 5.32 Å². The first-order valence-electron chi connectivity index (χ1n) is 3.59. The average molecular weight is 158 g/mol. The summed E-state index contributed by atoms with van der Waals surface area (Å²) < 4.78 is 0. The highest BCUT2D eigenvalue weighted by atomic mass is 16.2. The van der Waals surface area contributed by atoms with Gasteiger partial charge < -0.3 is 5.73 Å². The van der Waals surface area contributed by atoms with Gasteiger partial charge in [0, 0.05) is 6.42 Å². The lowest BCUT2D eigenvalue weighted by atomic mass is 10.1. The SMILES string of the molecule is CC(C)CC(=O)NC(=O)CN. The number of amides is 2. The van der Waals surface area contributed by atoms with Gasteiger partial charge in [0.2, 0.25) is 11.8 Å². The molecule has 0 heterocycles. The van der Waals surface area contributed by atoms with Crippen LogP contribution in [0.5, 0.6) is 0 Å². The second-order valence-electron chi connectivity index (χ2n) is 2.77. The van der Waals surface area contributed by atoms with E-state index in [-0.39, 0.29) is 18.4 Å². The lowest BCUT2D eigenvalue weighted by Gasteiger charge is -2.03. The van der Waals surface area contributed by atoms with E-state index in [0.29, 0.717) is 6.42 Å². The summed E-state index contributed by atoms with van der Waals surface area (Å²) in [4.78, 5) is 21.4. The van der Waals surface area contributed by atoms with Crippen LogP contribution in [0.1, 0.15) is 20.3 Å². The fourth-order valence-corrected chi connectivity index (χ4v) is 0.628. The second kappa shape index (κ2) is 4.85. The van der Waals surface area contributed by atoms with E-state index >= 15 is 0 Å². The molecule has 0 rings (SSSR count). The molecule has 0 aromatic carbocycles. The van der Waals surface area contributed by atoms with E-state index < -0.39 is 5.91 Å². The van der Waals surface area contributed by atoms with Crippen molar-refractivity contribution in [2.75, 3.05) is 6.54 Å². The first-order valence-corrected chi connectivity index (χ1v) is 3.59. The number of carbonyl (C=O) groups excluding carboxylic acids is 2. The van der Waals surface area contributed by atoms with Crippen molar-refractivity contribution >= 4 is 11.8 Å². The van der Waals surface area contributed by atoms with Crippen LogP contribution in [0.2, 0.25) is 0 Å². The van der Waals surface area contributed by atoms with Crippen molar-refractivity contribution in [3.05, 3.63) is 0 Å². The van der Waals surface area contributed by atoms with Gasteiger partial charge in [-0.2, -0.15) is 0 Å². The number of nitrogens with two attached hydrogens (primary N) is 1. The zero-order valence-electron chi connectivity index (χ0n) is 6.89. The molecule has 0 aromatic heterocycles. The lowest BCUT2D eigenvalue weighted by Crippen LogP contribution is -2.35. The molecular formula is C7H14N2O2. The molecule has 2 amide bonds. The molecule has 0 fully saturated rings. The molecule has 4 heteroatoms. The highest BCUT2D eigenvalue weighted by Gasteiger charge is 2.06. The Balaban J connectivity index is 3.61. The topological polar surface area (TPSA) is 72.2 Å². The van der Waals surface area contributed by atoms with Crippen molar-refractivity contribution in [1.29, 1.82) is 0 Å². The van der Waals surface area contributed by atoms with Crippen LogP contribution in [-0.4, -0.2) is 18.4 Å². The van der Waals surface area contributed by atoms with Gasteiger partial charge in [0.15, 0.2) is 0 Å². The van der Waals surface area contributed by atoms with Gasteiger partial charge in [-0.3, -0.25) is 14.9 Å². The third kappa shape index (κ3) is 5.54. The first kappa shape index (κ1) is 10.1. The first-order chi connectivity index (χ1) is 5.06. The maximum atomic E-state index is 10.8. The van der Waals surface area contributed by atoms with E-state index in [1.54, 1.807) is 0 Å². The quantitative estimate of drug-likeness (QED) is 0.588. The molecule has 3 N–H and O–H groups in total. The third-order valence-corrected chi connectivity index (χ3v) is 1.06. The average Bonchev–Trinajstić information content (AvgIpc) is 1.85.